The van der Waals surface area contributed by atoms with Crippen molar-refractivity contribution in [2.75, 3.05) is 12.3 Å². The van der Waals surface area contributed by atoms with E-state index in [1.807, 2.05) is 13.8 Å². The second-order valence-corrected chi connectivity index (χ2v) is 9.30. The van der Waals surface area contributed by atoms with E-state index < -0.39 is 21.4 Å². The van der Waals surface area contributed by atoms with Crippen LogP contribution in [0.5, 0.6) is 0 Å². The number of nitrogens with two attached hydrogens (primary N) is 1. The molecule has 0 aliphatic heterocycles. The molecule has 0 spiro atoms. The van der Waals surface area contributed by atoms with Crippen LogP contribution in [0.25, 0.3) is 0 Å². The monoisotopic (exact) mass is 277 g/mol. The van der Waals surface area contributed by atoms with E-state index in [0.29, 0.717) is 13.0 Å². The van der Waals surface area contributed by atoms with E-state index in [-0.39, 0.29) is 16.4 Å². The zero-order valence-corrected chi connectivity index (χ0v) is 12.8. The van der Waals surface area contributed by atoms with Gasteiger partial charge in [-0.3, -0.25) is 0 Å². The van der Waals surface area contributed by atoms with Crippen LogP contribution in [0, 0.1) is 10.8 Å². The number of hydrogen-bond acceptors (Lipinski definition) is 4. The van der Waals surface area contributed by atoms with E-state index in [0.717, 1.165) is 12.8 Å². The van der Waals surface area contributed by atoms with Crippen molar-refractivity contribution in [2.45, 2.75) is 58.3 Å². The van der Waals surface area contributed by atoms with E-state index in [2.05, 4.69) is 0 Å². The maximum atomic E-state index is 11.9. The first-order chi connectivity index (χ1) is 8.07. The van der Waals surface area contributed by atoms with Crippen LogP contribution in [0.15, 0.2) is 0 Å². The fourth-order valence-corrected chi connectivity index (χ4v) is 3.99. The van der Waals surface area contributed by atoms with Crippen molar-refractivity contribution in [3.63, 3.8) is 0 Å². The van der Waals surface area contributed by atoms with Gasteiger partial charge in [0.2, 0.25) is 0 Å². The topological polar surface area (TPSA) is 80.4 Å². The summed E-state index contributed by atoms with van der Waals surface area (Å²) in [6.07, 6.45) is 1.66. The van der Waals surface area contributed by atoms with Gasteiger partial charge in [0.25, 0.3) is 0 Å². The van der Waals surface area contributed by atoms with Gasteiger partial charge in [-0.1, -0.05) is 13.8 Å². The van der Waals surface area contributed by atoms with Gasteiger partial charge in [-0.2, -0.15) is 0 Å². The highest BCUT2D eigenvalue weighted by Crippen LogP contribution is 2.50. The van der Waals surface area contributed by atoms with E-state index in [4.69, 9.17) is 5.73 Å². The van der Waals surface area contributed by atoms with E-state index >= 15 is 0 Å². The van der Waals surface area contributed by atoms with E-state index in [1.165, 1.54) is 0 Å². The Bertz CT molecular complexity index is 389. The van der Waals surface area contributed by atoms with Crippen molar-refractivity contribution in [2.24, 2.45) is 16.6 Å². The summed E-state index contributed by atoms with van der Waals surface area (Å²) in [5.74, 6) is 0.120. The van der Waals surface area contributed by atoms with Crippen LogP contribution >= 0.6 is 0 Å². The predicted octanol–water partition coefficient (Wildman–Crippen LogP) is 1.33. The smallest absolute Gasteiger partial charge is 0.152 e. The highest BCUT2D eigenvalue weighted by atomic mass is 32.2. The highest BCUT2D eigenvalue weighted by Gasteiger charge is 2.51. The molecule has 0 heterocycles. The molecule has 2 unspecified atom stereocenters. The molecule has 0 aromatic heterocycles. The number of aliphatic hydroxyl groups is 1. The lowest BCUT2D eigenvalue weighted by Crippen LogP contribution is -2.44. The lowest BCUT2D eigenvalue weighted by molar-refractivity contribution is -0.00627. The zero-order chi connectivity index (χ0) is 14.2. The minimum absolute atomic E-state index is 0.120. The molecule has 0 bridgehead atoms. The molecule has 3 N–H and O–H groups in total. The Morgan fingerprint density at radius 2 is 1.89 bits per heavy atom. The van der Waals surface area contributed by atoms with Crippen molar-refractivity contribution in [1.82, 2.24) is 0 Å². The van der Waals surface area contributed by atoms with Gasteiger partial charge in [-0.15, -0.1) is 0 Å². The minimum atomic E-state index is -3.06. The fraction of sp³-hybridized carbons (Fsp3) is 1.00. The predicted molar refractivity (Wildman–Crippen MR) is 74.0 cm³/mol. The molecule has 0 radical (unpaired) electrons. The summed E-state index contributed by atoms with van der Waals surface area (Å²) in [5.41, 5.74) is 5.24. The molecule has 18 heavy (non-hydrogen) atoms. The van der Waals surface area contributed by atoms with Gasteiger partial charge in [-0.05, 0) is 38.5 Å². The molecule has 1 aliphatic carbocycles. The second kappa shape index (κ2) is 5.10. The van der Waals surface area contributed by atoms with E-state index in [1.54, 1.807) is 13.8 Å². The number of hydrogen-bond donors (Lipinski definition) is 2. The molecule has 2 atom stereocenters. The highest BCUT2D eigenvalue weighted by molar-refractivity contribution is 7.91. The Morgan fingerprint density at radius 3 is 2.22 bits per heavy atom. The zero-order valence-electron chi connectivity index (χ0n) is 11.9. The number of aliphatic hydroxyl groups excluding tert-OH is 1. The van der Waals surface area contributed by atoms with Crippen LogP contribution in [0.2, 0.25) is 0 Å². The molecule has 5 heteroatoms. The maximum Gasteiger partial charge on any atom is 0.152 e. The maximum absolute atomic E-state index is 11.9. The lowest BCUT2D eigenvalue weighted by Gasteiger charge is -2.36. The third-order valence-electron chi connectivity index (χ3n) is 4.60. The van der Waals surface area contributed by atoms with Gasteiger partial charge in [0.15, 0.2) is 9.84 Å². The third-order valence-corrected chi connectivity index (χ3v) is 6.81. The van der Waals surface area contributed by atoms with Crippen LogP contribution in [0.1, 0.15) is 47.0 Å². The number of rotatable bonds is 5. The summed E-state index contributed by atoms with van der Waals surface area (Å²) in [7, 11) is -3.06. The third kappa shape index (κ3) is 2.89. The molecule has 1 saturated carbocycles. The number of sulfone groups is 1. The molecule has 4 nitrogen and oxygen atoms in total. The van der Waals surface area contributed by atoms with Crippen LogP contribution in [0.4, 0.5) is 0 Å². The molecular weight excluding hydrogens is 250 g/mol. The minimum Gasteiger partial charge on any atom is -0.392 e. The van der Waals surface area contributed by atoms with Crippen molar-refractivity contribution < 1.29 is 13.5 Å². The van der Waals surface area contributed by atoms with Crippen LogP contribution in [-0.4, -0.2) is 37.2 Å². The summed E-state index contributed by atoms with van der Waals surface area (Å²) < 4.78 is 23.8. The standard InChI is InChI=1S/C13H27NO3S/c1-10(2)18(16,17)8-7-13(9-14)6-5-12(3,4)11(13)15/h10-11,15H,5-9,14H2,1-4H3. The summed E-state index contributed by atoms with van der Waals surface area (Å²) in [6, 6.07) is 0. The lowest BCUT2D eigenvalue weighted by atomic mass is 9.76. The van der Waals surface area contributed by atoms with Gasteiger partial charge >= 0.3 is 0 Å². The summed E-state index contributed by atoms with van der Waals surface area (Å²) in [4.78, 5) is 0. The summed E-state index contributed by atoms with van der Waals surface area (Å²) >= 11 is 0. The van der Waals surface area contributed by atoms with Crippen molar-refractivity contribution >= 4 is 9.84 Å². The Hall–Kier alpha value is -0.130. The molecule has 1 aliphatic rings. The molecular formula is C13H27NO3S. The normalized spacial score (nSPS) is 32.1. The van der Waals surface area contributed by atoms with Crippen molar-refractivity contribution in [3.8, 4) is 0 Å². The Labute approximate surface area is 111 Å². The van der Waals surface area contributed by atoms with Crippen LogP contribution in [0.3, 0.4) is 0 Å². The molecule has 0 saturated heterocycles. The Balaban J connectivity index is 2.81. The molecule has 0 amide bonds. The average molecular weight is 277 g/mol. The summed E-state index contributed by atoms with van der Waals surface area (Å²) in [5, 5.41) is 10.1. The molecule has 1 rings (SSSR count). The largest absolute Gasteiger partial charge is 0.392 e. The fourth-order valence-electron chi connectivity index (χ4n) is 2.83. The quantitative estimate of drug-likeness (QED) is 0.794. The Kier molecular flexibility index (Phi) is 4.51. The van der Waals surface area contributed by atoms with Gasteiger partial charge < -0.3 is 10.8 Å². The van der Waals surface area contributed by atoms with Crippen LogP contribution in [-0.2, 0) is 9.84 Å². The van der Waals surface area contributed by atoms with Gasteiger partial charge in [0.05, 0.1) is 17.1 Å². The SMILES string of the molecule is CC(C)S(=O)(=O)CCC1(CN)CCC(C)(C)C1O. The Morgan fingerprint density at radius 1 is 1.33 bits per heavy atom. The first kappa shape index (κ1) is 15.9. The molecule has 0 aromatic carbocycles. The molecule has 0 aromatic rings. The van der Waals surface area contributed by atoms with Gasteiger partial charge in [0.1, 0.15) is 0 Å². The van der Waals surface area contributed by atoms with Crippen molar-refractivity contribution in [1.29, 1.82) is 0 Å². The second-order valence-electron chi connectivity index (χ2n) is 6.62. The molecule has 1 fully saturated rings. The molecule has 108 valence electrons. The van der Waals surface area contributed by atoms with Gasteiger partial charge in [0, 0.05) is 12.0 Å². The van der Waals surface area contributed by atoms with Crippen molar-refractivity contribution in [3.05, 3.63) is 0 Å². The van der Waals surface area contributed by atoms with Crippen LogP contribution < -0.4 is 5.73 Å². The first-order valence-electron chi connectivity index (χ1n) is 6.67. The first-order valence-corrected chi connectivity index (χ1v) is 8.39. The average Bonchev–Trinajstić information content (AvgIpc) is 2.50. The van der Waals surface area contributed by atoms with Gasteiger partial charge in [-0.25, -0.2) is 8.42 Å². The summed E-state index contributed by atoms with van der Waals surface area (Å²) in [6.45, 7) is 7.78. The van der Waals surface area contributed by atoms with E-state index in [9.17, 15) is 13.5 Å².